The molecule has 1 fully saturated rings. The second-order valence-electron chi connectivity index (χ2n) is 6.91. The van der Waals surface area contributed by atoms with Gasteiger partial charge in [-0.3, -0.25) is 4.79 Å². The van der Waals surface area contributed by atoms with E-state index in [4.69, 9.17) is 9.26 Å². The van der Waals surface area contributed by atoms with E-state index in [1.165, 1.54) is 5.56 Å². The Labute approximate surface area is 148 Å². The van der Waals surface area contributed by atoms with E-state index >= 15 is 0 Å². The molecule has 1 atom stereocenters. The summed E-state index contributed by atoms with van der Waals surface area (Å²) >= 11 is 0. The number of hydrogen-bond acceptors (Lipinski definition) is 5. The number of carbonyl (C=O) groups is 1. The number of rotatable bonds is 6. The molecule has 134 valence electrons. The normalized spacial score (nSPS) is 20.6. The van der Waals surface area contributed by atoms with Gasteiger partial charge in [0.1, 0.15) is 6.61 Å². The first-order valence-corrected chi connectivity index (χ1v) is 8.74. The zero-order chi connectivity index (χ0) is 17.7. The molecule has 0 N–H and O–H groups in total. The number of benzene rings is 1. The number of amides is 1. The molecular weight excluding hydrogens is 318 g/mol. The van der Waals surface area contributed by atoms with E-state index in [0.717, 1.165) is 25.8 Å². The fourth-order valence-corrected chi connectivity index (χ4v) is 3.37. The van der Waals surface area contributed by atoms with Gasteiger partial charge in [-0.05, 0) is 24.8 Å². The third-order valence-corrected chi connectivity index (χ3v) is 4.80. The van der Waals surface area contributed by atoms with Gasteiger partial charge in [0.25, 0.3) is 5.89 Å². The van der Waals surface area contributed by atoms with Gasteiger partial charge in [0, 0.05) is 32.0 Å². The second-order valence-corrected chi connectivity index (χ2v) is 6.91. The highest BCUT2D eigenvalue weighted by Gasteiger charge is 2.38. The summed E-state index contributed by atoms with van der Waals surface area (Å²) in [6, 6.07) is 10.1. The molecule has 1 aliphatic heterocycles. The molecule has 2 heterocycles. The number of likely N-dealkylation sites (tertiary alicyclic amines) is 1. The number of aromatic nitrogens is 2. The molecule has 0 radical (unpaired) electrons. The lowest BCUT2D eigenvalue weighted by Gasteiger charge is -2.38. The molecule has 1 unspecified atom stereocenters. The Morgan fingerprint density at radius 2 is 2.16 bits per heavy atom. The van der Waals surface area contributed by atoms with E-state index in [0.29, 0.717) is 31.3 Å². The Bertz CT molecular complexity index is 701. The predicted molar refractivity (Wildman–Crippen MR) is 92.9 cm³/mol. The van der Waals surface area contributed by atoms with Gasteiger partial charge < -0.3 is 14.2 Å². The molecule has 6 nitrogen and oxygen atoms in total. The molecule has 25 heavy (non-hydrogen) atoms. The number of nitrogens with zero attached hydrogens (tertiary/aromatic N) is 3. The van der Waals surface area contributed by atoms with Crippen LogP contribution in [0.5, 0.6) is 0 Å². The summed E-state index contributed by atoms with van der Waals surface area (Å²) in [4.78, 5) is 19.0. The Balaban J connectivity index is 1.62. The van der Waals surface area contributed by atoms with Gasteiger partial charge in [0.2, 0.25) is 5.91 Å². The van der Waals surface area contributed by atoms with Crippen LogP contribution in [-0.2, 0) is 28.0 Å². The number of hydrogen-bond donors (Lipinski definition) is 0. The lowest BCUT2D eigenvalue weighted by Crippen LogP contribution is -2.47. The summed E-state index contributed by atoms with van der Waals surface area (Å²) in [5.41, 5.74) is 0.925. The first kappa shape index (κ1) is 17.6. The van der Waals surface area contributed by atoms with Crippen LogP contribution in [0.25, 0.3) is 0 Å². The number of methoxy groups -OCH3 is 1. The van der Waals surface area contributed by atoms with E-state index in [2.05, 4.69) is 29.2 Å². The summed E-state index contributed by atoms with van der Waals surface area (Å²) in [6.45, 7) is 3.84. The predicted octanol–water partition coefficient (Wildman–Crippen LogP) is 2.73. The van der Waals surface area contributed by atoms with Crippen molar-refractivity contribution in [1.82, 2.24) is 15.0 Å². The largest absolute Gasteiger partial charge is 0.375 e. The Morgan fingerprint density at radius 1 is 1.36 bits per heavy atom. The van der Waals surface area contributed by atoms with E-state index in [9.17, 15) is 4.79 Å². The maximum Gasteiger partial charge on any atom is 0.252 e. The fraction of sp³-hybridized carbons (Fsp3) is 0.526. The van der Waals surface area contributed by atoms with Gasteiger partial charge in [-0.2, -0.15) is 4.98 Å². The van der Waals surface area contributed by atoms with Crippen LogP contribution in [-0.4, -0.2) is 41.1 Å². The van der Waals surface area contributed by atoms with E-state index in [1.54, 1.807) is 7.11 Å². The SMILES string of the molecule is COCc1nc(C2(C)CCCN(C(=O)CCc3ccccc3)C2)no1. The number of carbonyl (C=O) groups excluding carboxylic acids is 1. The summed E-state index contributed by atoms with van der Waals surface area (Å²) < 4.78 is 10.3. The average molecular weight is 343 g/mol. The first-order chi connectivity index (χ1) is 12.1. The highest BCUT2D eigenvalue weighted by molar-refractivity contribution is 5.76. The van der Waals surface area contributed by atoms with E-state index in [-0.39, 0.29) is 11.3 Å². The lowest BCUT2D eigenvalue weighted by atomic mass is 9.81. The van der Waals surface area contributed by atoms with Gasteiger partial charge in [-0.25, -0.2) is 0 Å². The van der Waals surface area contributed by atoms with Gasteiger partial charge in [0.15, 0.2) is 5.82 Å². The van der Waals surface area contributed by atoms with Crippen molar-refractivity contribution < 1.29 is 14.1 Å². The second kappa shape index (κ2) is 7.78. The fourth-order valence-electron chi connectivity index (χ4n) is 3.37. The number of piperidine rings is 1. The van der Waals surface area contributed by atoms with Crippen LogP contribution in [0.15, 0.2) is 34.9 Å². The maximum absolute atomic E-state index is 12.6. The Kier molecular flexibility index (Phi) is 5.48. The van der Waals surface area contributed by atoms with Crippen LogP contribution in [0.4, 0.5) is 0 Å². The number of aryl methyl sites for hydroxylation is 1. The van der Waals surface area contributed by atoms with Crippen LogP contribution in [0, 0.1) is 0 Å². The van der Waals surface area contributed by atoms with Crippen molar-refractivity contribution in [3.63, 3.8) is 0 Å². The molecule has 6 heteroatoms. The summed E-state index contributed by atoms with van der Waals surface area (Å²) in [6.07, 6.45) is 3.19. The summed E-state index contributed by atoms with van der Waals surface area (Å²) in [5, 5.41) is 4.11. The van der Waals surface area contributed by atoms with Gasteiger partial charge >= 0.3 is 0 Å². The summed E-state index contributed by atoms with van der Waals surface area (Å²) in [7, 11) is 1.60. The Hall–Kier alpha value is -2.21. The maximum atomic E-state index is 12.6. The lowest BCUT2D eigenvalue weighted by molar-refractivity contribution is -0.133. The molecular formula is C19H25N3O3. The van der Waals surface area contributed by atoms with E-state index in [1.807, 2.05) is 23.1 Å². The third-order valence-electron chi connectivity index (χ3n) is 4.80. The van der Waals surface area contributed by atoms with Crippen molar-refractivity contribution in [2.75, 3.05) is 20.2 Å². The molecule has 0 saturated carbocycles. The van der Waals surface area contributed by atoms with Crippen molar-refractivity contribution >= 4 is 5.91 Å². The molecule has 1 aliphatic rings. The van der Waals surface area contributed by atoms with Crippen molar-refractivity contribution in [2.45, 2.75) is 44.6 Å². The van der Waals surface area contributed by atoms with Gasteiger partial charge in [-0.1, -0.05) is 42.4 Å². The molecule has 2 aromatic rings. The quantitative estimate of drug-likeness (QED) is 0.807. The van der Waals surface area contributed by atoms with Crippen LogP contribution >= 0.6 is 0 Å². The molecule has 0 bridgehead atoms. The van der Waals surface area contributed by atoms with Crippen LogP contribution in [0.2, 0.25) is 0 Å². The van der Waals surface area contributed by atoms with Gasteiger partial charge in [0.05, 0.1) is 0 Å². The van der Waals surface area contributed by atoms with Crippen LogP contribution < -0.4 is 0 Å². The van der Waals surface area contributed by atoms with Crippen molar-refractivity contribution in [3.8, 4) is 0 Å². The zero-order valence-corrected chi connectivity index (χ0v) is 14.9. The monoisotopic (exact) mass is 343 g/mol. The molecule has 3 rings (SSSR count). The zero-order valence-electron chi connectivity index (χ0n) is 14.9. The molecule has 1 saturated heterocycles. The topological polar surface area (TPSA) is 68.5 Å². The van der Waals surface area contributed by atoms with Gasteiger partial charge in [-0.15, -0.1) is 0 Å². The first-order valence-electron chi connectivity index (χ1n) is 8.74. The standard InChI is InChI=1S/C19H25N3O3/c1-19(18-20-16(13-24-2)25-21-18)11-6-12-22(14-19)17(23)10-9-15-7-4-3-5-8-15/h3-5,7-8H,6,9-14H2,1-2H3. The van der Waals surface area contributed by atoms with Crippen LogP contribution in [0.1, 0.15) is 43.5 Å². The minimum Gasteiger partial charge on any atom is -0.375 e. The van der Waals surface area contributed by atoms with E-state index < -0.39 is 0 Å². The highest BCUT2D eigenvalue weighted by Crippen LogP contribution is 2.32. The molecule has 1 aromatic carbocycles. The minimum absolute atomic E-state index is 0.190. The molecule has 1 aromatic heterocycles. The van der Waals surface area contributed by atoms with Crippen LogP contribution in [0.3, 0.4) is 0 Å². The van der Waals surface area contributed by atoms with Crippen molar-refractivity contribution in [3.05, 3.63) is 47.6 Å². The molecule has 0 aliphatic carbocycles. The molecule has 1 amide bonds. The minimum atomic E-state index is -0.268. The average Bonchev–Trinajstić information content (AvgIpc) is 3.10. The van der Waals surface area contributed by atoms with Crippen molar-refractivity contribution in [1.29, 1.82) is 0 Å². The smallest absolute Gasteiger partial charge is 0.252 e. The Morgan fingerprint density at radius 3 is 2.92 bits per heavy atom. The third kappa shape index (κ3) is 4.25. The summed E-state index contributed by atoms with van der Waals surface area (Å²) in [5.74, 6) is 1.33. The molecule has 0 spiro atoms. The number of ether oxygens (including phenoxy) is 1. The van der Waals surface area contributed by atoms with Crippen molar-refractivity contribution in [2.24, 2.45) is 0 Å². The highest BCUT2D eigenvalue weighted by atomic mass is 16.5.